The van der Waals surface area contributed by atoms with Gasteiger partial charge in [-0.25, -0.2) is 9.18 Å². The molecular formula is C14H16FN5O3. The topological polar surface area (TPSA) is 90.8 Å². The number of amides is 1. The van der Waals surface area contributed by atoms with Crippen LogP contribution in [-0.2, 0) is 9.47 Å². The zero-order valence-corrected chi connectivity index (χ0v) is 12.4. The Morgan fingerprint density at radius 3 is 2.91 bits per heavy atom. The van der Waals surface area contributed by atoms with Gasteiger partial charge in [-0.1, -0.05) is 11.2 Å². The second kappa shape index (κ2) is 6.72. The zero-order chi connectivity index (χ0) is 16.2. The van der Waals surface area contributed by atoms with E-state index < -0.39 is 18.0 Å². The lowest BCUT2D eigenvalue weighted by Crippen LogP contribution is -2.38. The van der Waals surface area contributed by atoms with Crippen molar-refractivity contribution in [2.24, 2.45) is 5.11 Å². The molecule has 0 bridgehead atoms. The quantitative estimate of drug-likeness (QED) is 0.483. The van der Waals surface area contributed by atoms with Gasteiger partial charge in [-0.15, -0.1) is 0 Å². The van der Waals surface area contributed by atoms with E-state index >= 15 is 0 Å². The van der Waals surface area contributed by atoms with Crippen molar-refractivity contribution in [3.05, 3.63) is 34.5 Å². The van der Waals surface area contributed by atoms with E-state index in [4.69, 9.17) is 15.0 Å². The fraction of sp³-hybridized carbons (Fsp3) is 0.500. The molecule has 1 aromatic carbocycles. The Morgan fingerprint density at radius 1 is 1.39 bits per heavy atom. The normalized spacial score (nSPS) is 21.1. The summed E-state index contributed by atoms with van der Waals surface area (Å²) in [6, 6.07) is 4.61. The number of halogens is 1. The number of ether oxygens (including phenoxy) is 2. The number of hydrogen-bond donors (Lipinski definition) is 0. The van der Waals surface area contributed by atoms with Gasteiger partial charge in [0.25, 0.3) is 0 Å². The van der Waals surface area contributed by atoms with Gasteiger partial charge in [-0.2, -0.15) is 0 Å². The second-order valence-electron chi connectivity index (χ2n) is 5.24. The smallest absolute Gasteiger partial charge is 0.414 e. The van der Waals surface area contributed by atoms with Gasteiger partial charge in [0.05, 0.1) is 37.7 Å². The number of hydrogen-bond acceptors (Lipinski definition) is 5. The average Bonchev–Trinajstić information content (AvgIpc) is 2.94. The van der Waals surface area contributed by atoms with Crippen LogP contribution in [0.5, 0.6) is 0 Å². The largest absolute Gasteiger partial charge is 0.444 e. The van der Waals surface area contributed by atoms with Crippen molar-refractivity contribution in [1.29, 1.82) is 0 Å². The monoisotopic (exact) mass is 321 g/mol. The first-order valence-electron chi connectivity index (χ1n) is 7.31. The van der Waals surface area contributed by atoms with Crippen LogP contribution in [0.15, 0.2) is 23.3 Å². The first-order valence-corrected chi connectivity index (χ1v) is 7.31. The minimum absolute atomic E-state index is 0.0565. The Hall–Kier alpha value is -2.51. The van der Waals surface area contributed by atoms with Gasteiger partial charge in [0.15, 0.2) is 0 Å². The summed E-state index contributed by atoms with van der Waals surface area (Å²) in [6.07, 6.45) is -1.09. The predicted molar refractivity (Wildman–Crippen MR) is 81.1 cm³/mol. The highest BCUT2D eigenvalue weighted by Crippen LogP contribution is 2.35. The van der Waals surface area contributed by atoms with Crippen LogP contribution in [0.3, 0.4) is 0 Å². The van der Waals surface area contributed by atoms with E-state index in [0.717, 1.165) is 0 Å². The Balaban J connectivity index is 1.88. The Bertz CT molecular complexity index is 643. The number of anilines is 2. The predicted octanol–water partition coefficient (Wildman–Crippen LogP) is 2.30. The molecule has 122 valence electrons. The molecule has 0 aromatic heterocycles. The van der Waals surface area contributed by atoms with E-state index in [0.29, 0.717) is 37.7 Å². The molecule has 1 unspecified atom stereocenters. The van der Waals surface area contributed by atoms with Crippen LogP contribution >= 0.6 is 0 Å². The molecule has 2 aliphatic rings. The molecule has 9 heteroatoms. The summed E-state index contributed by atoms with van der Waals surface area (Å²) >= 11 is 0. The van der Waals surface area contributed by atoms with E-state index in [1.54, 1.807) is 12.1 Å². The van der Waals surface area contributed by atoms with Gasteiger partial charge < -0.3 is 14.4 Å². The molecular weight excluding hydrogens is 305 g/mol. The van der Waals surface area contributed by atoms with E-state index in [9.17, 15) is 9.18 Å². The van der Waals surface area contributed by atoms with E-state index in [2.05, 4.69) is 10.0 Å². The number of cyclic esters (lactones) is 1. The third-order valence-corrected chi connectivity index (χ3v) is 3.81. The molecule has 0 radical (unpaired) electrons. The summed E-state index contributed by atoms with van der Waals surface area (Å²) in [6.45, 7) is 2.41. The molecule has 0 spiro atoms. The third-order valence-electron chi connectivity index (χ3n) is 3.81. The number of azide groups is 1. The summed E-state index contributed by atoms with van der Waals surface area (Å²) in [7, 11) is 0. The van der Waals surface area contributed by atoms with Crippen LogP contribution in [0.4, 0.5) is 20.6 Å². The molecule has 8 nitrogen and oxygen atoms in total. The van der Waals surface area contributed by atoms with Crippen LogP contribution in [0.1, 0.15) is 0 Å². The number of benzene rings is 1. The summed E-state index contributed by atoms with van der Waals surface area (Å²) in [5, 5.41) is 3.42. The summed E-state index contributed by atoms with van der Waals surface area (Å²) < 4.78 is 24.8. The highest BCUT2D eigenvalue weighted by atomic mass is 19.1. The SMILES string of the molecule is [N-]=[N+]=NCC1CN(c2cccc(F)c2N2CCOCC2)C(=O)O1. The maximum absolute atomic E-state index is 14.4. The maximum atomic E-state index is 14.4. The van der Waals surface area contributed by atoms with E-state index in [1.165, 1.54) is 11.0 Å². The molecule has 0 N–H and O–H groups in total. The van der Waals surface area contributed by atoms with Crippen molar-refractivity contribution in [2.75, 3.05) is 49.2 Å². The van der Waals surface area contributed by atoms with Crippen LogP contribution in [0, 0.1) is 5.82 Å². The van der Waals surface area contributed by atoms with Crippen molar-refractivity contribution >= 4 is 17.5 Å². The van der Waals surface area contributed by atoms with Crippen LogP contribution in [0.2, 0.25) is 0 Å². The van der Waals surface area contributed by atoms with Gasteiger partial charge in [0.2, 0.25) is 0 Å². The summed E-state index contributed by atoms with van der Waals surface area (Å²) in [4.78, 5) is 18.0. The first-order chi connectivity index (χ1) is 11.2. The fourth-order valence-corrected chi connectivity index (χ4v) is 2.76. The molecule has 23 heavy (non-hydrogen) atoms. The van der Waals surface area contributed by atoms with Crippen LogP contribution in [-0.4, -0.2) is 51.6 Å². The average molecular weight is 321 g/mol. The second-order valence-corrected chi connectivity index (χ2v) is 5.24. The molecule has 2 aliphatic heterocycles. The van der Waals surface area contributed by atoms with Gasteiger partial charge in [0.1, 0.15) is 11.9 Å². The number of morpholine rings is 1. The maximum Gasteiger partial charge on any atom is 0.414 e. The minimum atomic E-state index is -0.566. The molecule has 0 saturated carbocycles. The van der Waals surface area contributed by atoms with Gasteiger partial charge >= 0.3 is 6.09 Å². The molecule has 1 atom stereocenters. The van der Waals surface area contributed by atoms with Crippen molar-refractivity contribution in [2.45, 2.75) is 6.10 Å². The number of rotatable bonds is 4. The summed E-state index contributed by atoms with van der Waals surface area (Å²) in [5.41, 5.74) is 9.19. The molecule has 0 aliphatic carbocycles. The zero-order valence-electron chi connectivity index (χ0n) is 12.4. The molecule has 2 heterocycles. The molecule has 1 amide bonds. The fourth-order valence-electron chi connectivity index (χ4n) is 2.76. The van der Waals surface area contributed by atoms with Crippen molar-refractivity contribution in [3.63, 3.8) is 0 Å². The number of carbonyl (C=O) groups is 1. The van der Waals surface area contributed by atoms with Gasteiger partial charge in [0, 0.05) is 18.0 Å². The van der Waals surface area contributed by atoms with Gasteiger partial charge in [-0.05, 0) is 17.7 Å². The number of nitrogens with zero attached hydrogens (tertiary/aromatic N) is 5. The lowest BCUT2D eigenvalue weighted by molar-refractivity contribution is 0.122. The Morgan fingerprint density at radius 2 is 2.17 bits per heavy atom. The van der Waals surface area contributed by atoms with Crippen molar-refractivity contribution in [3.8, 4) is 0 Å². The first kappa shape index (κ1) is 15.4. The van der Waals surface area contributed by atoms with Crippen molar-refractivity contribution < 1.29 is 18.7 Å². The molecule has 1 aromatic rings. The lowest BCUT2D eigenvalue weighted by atomic mass is 10.2. The van der Waals surface area contributed by atoms with Crippen molar-refractivity contribution in [1.82, 2.24) is 0 Å². The molecule has 2 fully saturated rings. The summed E-state index contributed by atoms with van der Waals surface area (Å²) in [5.74, 6) is -0.393. The minimum Gasteiger partial charge on any atom is -0.444 e. The van der Waals surface area contributed by atoms with E-state index in [-0.39, 0.29) is 13.1 Å². The van der Waals surface area contributed by atoms with Gasteiger partial charge in [-0.3, -0.25) is 4.90 Å². The Kier molecular flexibility index (Phi) is 4.50. The highest BCUT2D eigenvalue weighted by molar-refractivity contribution is 5.94. The third kappa shape index (κ3) is 3.15. The van der Waals surface area contributed by atoms with E-state index in [1.807, 2.05) is 4.90 Å². The standard InChI is InChI=1S/C14H16FN5O3/c15-11-2-1-3-12(13(11)19-4-6-22-7-5-19)20-9-10(8-17-18-16)23-14(20)21/h1-3,10H,4-9H2. The lowest BCUT2D eigenvalue weighted by Gasteiger charge is -2.32. The number of para-hydroxylation sites is 1. The van der Waals surface area contributed by atoms with Crippen LogP contribution in [0.25, 0.3) is 10.4 Å². The number of carbonyl (C=O) groups excluding carboxylic acids is 1. The Labute approximate surface area is 132 Å². The molecule has 3 rings (SSSR count). The molecule has 2 saturated heterocycles. The highest BCUT2D eigenvalue weighted by Gasteiger charge is 2.34. The van der Waals surface area contributed by atoms with Crippen LogP contribution < -0.4 is 9.80 Å².